The third-order valence-electron chi connectivity index (χ3n) is 5.29. The molecule has 29 heavy (non-hydrogen) atoms. The SMILES string of the molecule is C#CCNC(=O)[C@H]1c2ccccc2C(=O)N(CCC)[C@@H]1c1ccc2c(c1)OCO2. The van der Waals surface area contributed by atoms with E-state index in [0.717, 1.165) is 12.0 Å². The zero-order valence-corrected chi connectivity index (χ0v) is 16.2. The third-order valence-corrected chi connectivity index (χ3v) is 5.29. The van der Waals surface area contributed by atoms with E-state index in [9.17, 15) is 9.59 Å². The van der Waals surface area contributed by atoms with Crippen LogP contribution >= 0.6 is 0 Å². The van der Waals surface area contributed by atoms with Gasteiger partial charge in [0.1, 0.15) is 0 Å². The summed E-state index contributed by atoms with van der Waals surface area (Å²) in [6, 6.07) is 12.4. The Morgan fingerprint density at radius 3 is 2.83 bits per heavy atom. The first-order chi connectivity index (χ1) is 14.2. The summed E-state index contributed by atoms with van der Waals surface area (Å²) in [5, 5.41) is 2.80. The Morgan fingerprint density at radius 2 is 2.03 bits per heavy atom. The van der Waals surface area contributed by atoms with Crippen molar-refractivity contribution in [2.45, 2.75) is 25.3 Å². The molecule has 0 spiro atoms. The lowest BCUT2D eigenvalue weighted by atomic mass is 9.79. The summed E-state index contributed by atoms with van der Waals surface area (Å²) in [6.45, 7) is 2.84. The van der Waals surface area contributed by atoms with Crippen LogP contribution in [-0.4, -0.2) is 36.6 Å². The minimum Gasteiger partial charge on any atom is -0.454 e. The second-order valence-corrected chi connectivity index (χ2v) is 7.04. The van der Waals surface area contributed by atoms with Gasteiger partial charge in [0, 0.05) is 12.1 Å². The van der Waals surface area contributed by atoms with Gasteiger partial charge in [0.25, 0.3) is 5.91 Å². The van der Waals surface area contributed by atoms with Crippen molar-refractivity contribution in [1.29, 1.82) is 0 Å². The average Bonchev–Trinajstić information content (AvgIpc) is 3.21. The molecule has 2 aliphatic rings. The number of hydrogen-bond donors (Lipinski definition) is 1. The predicted molar refractivity (Wildman–Crippen MR) is 108 cm³/mol. The molecule has 2 aliphatic heterocycles. The van der Waals surface area contributed by atoms with Crippen LogP contribution in [0.5, 0.6) is 11.5 Å². The fourth-order valence-corrected chi connectivity index (χ4v) is 4.08. The van der Waals surface area contributed by atoms with Gasteiger partial charge in [0.2, 0.25) is 12.7 Å². The Kier molecular flexibility index (Phi) is 5.13. The van der Waals surface area contributed by atoms with E-state index in [1.54, 1.807) is 11.0 Å². The van der Waals surface area contributed by atoms with Gasteiger partial charge >= 0.3 is 0 Å². The van der Waals surface area contributed by atoms with Crippen molar-refractivity contribution in [2.75, 3.05) is 19.9 Å². The normalized spacial score (nSPS) is 19.4. The maximum absolute atomic E-state index is 13.3. The highest BCUT2D eigenvalue weighted by atomic mass is 16.7. The number of ether oxygens (including phenoxy) is 2. The average molecular weight is 390 g/mol. The highest BCUT2D eigenvalue weighted by Crippen LogP contribution is 2.45. The van der Waals surface area contributed by atoms with Crippen LogP contribution in [0, 0.1) is 12.3 Å². The van der Waals surface area contributed by atoms with Gasteiger partial charge in [-0.2, -0.15) is 0 Å². The first-order valence-corrected chi connectivity index (χ1v) is 9.66. The lowest BCUT2D eigenvalue weighted by Gasteiger charge is -2.41. The van der Waals surface area contributed by atoms with Crippen LogP contribution in [0.15, 0.2) is 42.5 Å². The Hall–Kier alpha value is -3.46. The van der Waals surface area contributed by atoms with Gasteiger partial charge < -0.3 is 19.7 Å². The monoisotopic (exact) mass is 390 g/mol. The molecule has 0 radical (unpaired) electrons. The Labute approximate surface area is 169 Å². The molecule has 1 N–H and O–H groups in total. The molecule has 6 heteroatoms. The molecule has 0 saturated heterocycles. The first kappa shape index (κ1) is 18.9. The van der Waals surface area contributed by atoms with Gasteiger partial charge in [0.05, 0.1) is 18.5 Å². The standard InChI is InChI=1S/C23H22N2O4/c1-3-11-24-22(26)20-16-7-5-6-8-17(16)23(27)25(12-4-2)21(20)15-9-10-18-19(13-15)29-14-28-18/h1,5-10,13,20-21H,4,11-12,14H2,2H3,(H,24,26)/t20-,21+/m0/s1. The molecule has 2 heterocycles. The predicted octanol–water partition coefficient (Wildman–Crippen LogP) is 2.86. The van der Waals surface area contributed by atoms with Gasteiger partial charge in [-0.15, -0.1) is 6.42 Å². The first-order valence-electron chi connectivity index (χ1n) is 9.66. The lowest BCUT2D eigenvalue weighted by Crippen LogP contribution is -2.47. The Morgan fingerprint density at radius 1 is 1.24 bits per heavy atom. The number of rotatable bonds is 5. The highest BCUT2D eigenvalue weighted by molar-refractivity contribution is 6.01. The maximum atomic E-state index is 13.3. The van der Waals surface area contributed by atoms with Gasteiger partial charge in [-0.05, 0) is 35.7 Å². The number of terminal acetylenes is 1. The summed E-state index contributed by atoms with van der Waals surface area (Å²) >= 11 is 0. The van der Waals surface area contributed by atoms with Gasteiger partial charge in [-0.25, -0.2) is 0 Å². The molecule has 0 saturated carbocycles. The van der Waals surface area contributed by atoms with E-state index in [-0.39, 0.29) is 25.2 Å². The van der Waals surface area contributed by atoms with Crippen LogP contribution < -0.4 is 14.8 Å². The fraction of sp³-hybridized carbons (Fsp3) is 0.304. The number of nitrogens with one attached hydrogen (secondary N) is 1. The van der Waals surface area contributed by atoms with E-state index in [0.29, 0.717) is 29.2 Å². The molecule has 2 aromatic rings. The van der Waals surface area contributed by atoms with E-state index >= 15 is 0 Å². The second kappa shape index (κ2) is 7.88. The summed E-state index contributed by atoms with van der Waals surface area (Å²) in [7, 11) is 0. The van der Waals surface area contributed by atoms with E-state index in [2.05, 4.69) is 11.2 Å². The third kappa shape index (κ3) is 3.29. The van der Waals surface area contributed by atoms with Crippen molar-refractivity contribution in [3.63, 3.8) is 0 Å². The zero-order valence-electron chi connectivity index (χ0n) is 16.2. The van der Waals surface area contributed by atoms with Crippen LogP contribution in [0.2, 0.25) is 0 Å². The molecule has 0 unspecified atom stereocenters. The summed E-state index contributed by atoms with van der Waals surface area (Å²) in [6.07, 6.45) is 6.12. The van der Waals surface area contributed by atoms with Crippen LogP contribution in [0.25, 0.3) is 0 Å². The van der Waals surface area contributed by atoms with Crippen molar-refractivity contribution < 1.29 is 19.1 Å². The van der Waals surface area contributed by atoms with Crippen LogP contribution in [0.4, 0.5) is 0 Å². The summed E-state index contributed by atoms with van der Waals surface area (Å²) < 4.78 is 10.9. The van der Waals surface area contributed by atoms with Gasteiger partial charge in [-0.3, -0.25) is 9.59 Å². The number of amides is 2. The molecule has 2 atom stereocenters. The van der Waals surface area contributed by atoms with Crippen LogP contribution in [0.3, 0.4) is 0 Å². The second-order valence-electron chi connectivity index (χ2n) is 7.04. The molecule has 0 aliphatic carbocycles. The maximum Gasteiger partial charge on any atom is 0.254 e. The van der Waals surface area contributed by atoms with Crippen molar-refractivity contribution >= 4 is 11.8 Å². The molecular formula is C23H22N2O4. The minimum atomic E-state index is -0.579. The molecule has 0 aromatic heterocycles. The van der Waals surface area contributed by atoms with E-state index in [4.69, 9.17) is 15.9 Å². The van der Waals surface area contributed by atoms with E-state index < -0.39 is 12.0 Å². The number of carbonyl (C=O) groups is 2. The van der Waals surface area contributed by atoms with Crippen molar-refractivity contribution in [2.24, 2.45) is 0 Å². The highest BCUT2D eigenvalue weighted by Gasteiger charge is 2.44. The summed E-state index contributed by atoms with van der Waals surface area (Å²) in [5.41, 5.74) is 2.09. The van der Waals surface area contributed by atoms with Crippen molar-refractivity contribution in [3.05, 3.63) is 59.2 Å². The largest absolute Gasteiger partial charge is 0.454 e. The fourth-order valence-electron chi connectivity index (χ4n) is 4.08. The van der Waals surface area contributed by atoms with Crippen LogP contribution in [0.1, 0.15) is 46.8 Å². The number of carbonyl (C=O) groups excluding carboxylic acids is 2. The topological polar surface area (TPSA) is 67.9 Å². The van der Waals surface area contributed by atoms with Gasteiger partial charge in [-0.1, -0.05) is 37.1 Å². The zero-order chi connectivity index (χ0) is 20.4. The molecule has 0 bridgehead atoms. The lowest BCUT2D eigenvalue weighted by molar-refractivity contribution is -0.124. The molecule has 4 rings (SSSR count). The Balaban J connectivity index is 1.86. The molecule has 6 nitrogen and oxygen atoms in total. The summed E-state index contributed by atoms with van der Waals surface area (Å²) in [4.78, 5) is 28.3. The van der Waals surface area contributed by atoms with E-state index in [1.165, 1.54) is 0 Å². The molecular weight excluding hydrogens is 368 g/mol. The number of fused-ring (bicyclic) bond motifs is 2. The van der Waals surface area contributed by atoms with Crippen molar-refractivity contribution in [3.8, 4) is 23.8 Å². The van der Waals surface area contributed by atoms with E-state index in [1.807, 2.05) is 43.3 Å². The number of nitrogens with zero attached hydrogens (tertiary/aromatic N) is 1. The quantitative estimate of drug-likeness (QED) is 0.798. The van der Waals surface area contributed by atoms with Crippen LogP contribution in [-0.2, 0) is 4.79 Å². The minimum absolute atomic E-state index is 0.0777. The molecule has 2 aromatic carbocycles. The molecule has 2 amide bonds. The smallest absolute Gasteiger partial charge is 0.254 e. The summed E-state index contributed by atoms with van der Waals surface area (Å²) in [5.74, 6) is 2.86. The number of hydrogen-bond acceptors (Lipinski definition) is 4. The molecule has 0 fully saturated rings. The van der Waals surface area contributed by atoms with Crippen molar-refractivity contribution in [1.82, 2.24) is 10.2 Å². The molecule has 148 valence electrons. The Bertz CT molecular complexity index is 995. The van der Waals surface area contributed by atoms with Gasteiger partial charge in [0.15, 0.2) is 11.5 Å². The number of benzene rings is 2.